The normalized spacial score (nSPS) is 31.9. The Labute approximate surface area is 112 Å². The summed E-state index contributed by atoms with van der Waals surface area (Å²) < 4.78 is 17.4. The van der Waals surface area contributed by atoms with E-state index in [1.54, 1.807) is 0 Å². The zero-order valence-electron chi connectivity index (χ0n) is 11.1. The molecule has 3 atom stereocenters. The van der Waals surface area contributed by atoms with E-state index in [2.05, 4.69) is 6.07 Å². The van der Waals surface area contributed by atoms with Gasteiger partial charge < -0.3 is 14.2 Å². The van der Waals surface area contributed by atoms with Crippen molar-refractivity contribution in [3.05, 3.63) is 35.4 Å². The third-order valence-corrected chi connectivity index (χ3v) is 3.58. The summed E-state index contributed by atoms with van der Waals surface area (Å²) >= 11 is 0. The lowest BCUT2D eigenvalue weighted by Crippen LogP contribution is -2.31. The number of rotatable bonds is 2. The van der Waals surface area contributed by atoms with E-state index in [4.69, 9.17) is 19.5 Å². The number of hydrogen-bond acceptors (Lipinski definition) is 4. The summed E-state index contributed by atoms with van der Waals surface area (Å²) in [6.07, 6.45) is 0.857. The fraction of sp³-hybridized carbons (Fsp3) is 0.533. The quantitative estimate of drug-likeness (QED) is 0.815. The third kappa shape index (κ3) is 2.50. The van der Waals surface area contributed by atoms with E-state index in [0.717, 1.165) is 12.0 Å². The monoisotopic (exact) mass is 259 g/mol. The maximum absolute atomic E-state index is 8.78. The minimum Gasteiger partial charge on any atom is -0.372 e. The maximum atomic E-state index is 8.78. The molecule has 2 saturated heterocycles. The first-order valence-corrected chi connectivity index (χ1v) is 6.54. The molecule has 19 heavy (non-hydrogen) atoms. The van der Waals surface area contributed by atoms with E-state index in [9.17, 15) is 0 Å². The van der Waals surface area contributed by atoms with Crippen molar-refractivity contribution >= 4 is 0 Å². The molecule has 1 aromatic carbocycles. The number of benzene rings is 1. The Kier molecular flexibility index (Phi) is 3.06. The molecule has 2 fully saturated rings. The average Bonchev–Trinajstić information content (AvgIpc) is 2.87. The molecule has 2 heterocycles. The molecule has 4 heteroatoms. The average molecular weight is 259 g/mol. The van der Waals surface area contributed by atoms with Crippen LogP contribution in [0.3, 0.4) is 0 Å². The van der Waals surface area contributed by atoms with Crippen molar-refractivity contribution in [2.45, 2.75) is 44.4 Å². The predicted octanol–water partition coefficient (Wildman–Crippen LogP) is 2.02. The van der Waals surface area contributed by atoms with Gasteiger partial charge in [-0.2, -0.15) is 5.26 Å². The molecule has 0 radical (unpaired) electrons. The van der Waals surface area contributed by atoms with Crippen molar-refractivity contribution in [1.82, 2.24) is 0 Å². The third-order valence-electron chi connectivity index (χ3n) is 3.58. The van der Waals surface area contributed by atoms with Gasteiger partial charge in [-0.15, -0.1) is 0 Å². The van der Waals surface area contributed by atoms with Gasteiger partial charge in [0.25, 0.3) is 0 Å². The van der Waals surface area contributed by atoms with Crippen LogP contribution in [0.2, 0.25) is 0 Å². The fourth-order valence-electron chi connectivity index (χ4n) is 2.74. The molecule has 0 spiro atoms. The van der Waals surface area contributed by atoms with Crippen LogP contribution in [0.5, 0.6) is 0 Å². The van der Waals surface area contributed by atoms with Crippen LogP contribution in [0.15, 0.2) is 24.3 Å². The van der Waals surface area contributed by atoms with Crippen molar-refractivity contribution < 1.29 is 14.2 Å². The van der Waals surface area contributed by atoms with Crippen LogP contribution >= 0.6 is 0 Å². The van der Waals surface area contributed by atoms with Crippen LogP contribution in [-0.2, 0) is 20.6 Å². The molecule has 0 N–H and O–H groups in total. The second kappa shape index (κ2) is 4.61. The second-order valence-electron chi connectivity index (χ2n) is 5.52. The van der Waals surface area contributed by atoms with Crippen molar-refractivity contribution in [3.8, 4) is 6.07 Å². The lowest BCUT2D eigenvalue weighted by Gasteiger charge is -2.21. The van der Waals surface area contributed by atoms with Gasteiger partial charge in [-0.05, 0) is 31.5 Å². The lowest BCUT2D eigenvalue weighted by atomic mass is 10.0. The van der Waals surface area contributed by atoms with Crippen molar-refractivity contribution in [1.29, 1.82) is 5.26 Å². The molecule has 2 aliphatic rings. The minimum atomic E-state index is -0.512. The van der Waals surface area contributed by atoms with E-state index in [1.807, 2.05) is 38.1 Å². The molecule has 4 nitrogen and oxygen atoms in total. The molecular formula is C15H17NO3. The van der Waals surface area contributed by atoms with Gasteiger partial charge in [-0.25, -0.2) is 0 Å². The summed E-state index contributed by atoms with van der Waals surface area (Å²) in [5.74, 6) is -0.512. The number of nitriles is 1. The van der Waals surface area contributed by atoms with Gasteiger partial charge >= 0.3 is 0 Å². The number of ether oxygens (including phenoxy) is 3. The van der Waals surface area contributed by atoms with Gasteiger partial charge in [0.15, 0.2) is 5.79 Å². The summed E-state index contributed by atoms with van der Waals surface area (Å²) in [5, 5.41) is 8.78. The number of nitrogens with zero attached hydrogens (tertiary/aromatic N) is 1. The number of fused-ring (bicyclic) bond motifs is 1. The van der Waals surface area contributed by atoms with E-state index >= 15 is 0 Å². The smallest absolute Gasteiger partial charge is 0.164 e. The molecule has 0 aliphatic carbocycles. The molecule has 1 aromatic rings. The van der Waals surface area contributed by atoms with Crippen LogP contribution < -0.4 is 0 Å². The van der Waals surface area contributed by atoms with Crippen LogP contribution in [0.25, 0.3) is 0 Å². The summed E-state index contributed by atoms with van der Waals surface area (Å²) in [7, 11) is 0. The Balaban J connectivity index is 1.69. The fourth-order valence-corrected chi connectivity index (χ4v) is 2.74. The van der Waals surface area contributed by atoms with E-state index in [0.29, 0.717) is 12.2 Å². The molecular weight excluding hydrogens is 242 g/mol. The van der Waals surface area contributed by atoms with E-state index in [1.165, 1.54) is 0 Å². The van der Waals surface area contributed by atoms with Crippen LogP contribution in [0, 0.1) is 11.3 Å². The van der Waals surface area contributed by atoms with Crippen molar-refractivity contribution in [2.24, 2.45) is 0 Å². The minimum absolute atomic E-state index is 0.00523. The standard InChI is InChI=1S/C15H17NO3/c1-15(2)18-13-9-17-12(14(13)19-15)7-10-3-5-11(8-16)6-4-10/h3-6,12-14H,7,9H2,1-2H3/t12?,13-,14+/m0/s1. The highest BCUT2D eigenvalue weighted by molar-refractivity contribution is 5.32. The Bertz CT molecular complexity index is 503. The van der Waals surface area contributed by atoms with Gasteiger partial charge in [0.2, 0.25) is 0 Å². The van der Waals surface area contributed by atoms with Crippen LogP contribution in [-0.4, -0.2) is 30.7 Å². The molecule has 1 unspecified atom stereocenters. The zero-order chi connectivity index (χ0) is 13.5. The van der Waals surface area contributed by atoms with Gasteiger partial charge in [0.05, 0.1) is 24.3 Å². The maximum Gasteiger partial charge on any atom is 0.164 e. The first kappa shape index (κ1) is 12.6. The van der Waals surface area contributed by atoms with Gasteiger partial charge in [-0.3, -0.25) is 0 Å². The Morgan fingerprint density at radius 3 is 2.68 bits per heavy atom. The Morgan fingerprint density at radius 2 is 2.00 bits per heavy atom. The highest BCUT2D eigenvalue weighted by Gasteiger charge is 2.49. The molecule has 0 saturated carbocycles. The molecule has 100 valence electrons. The largest absolute Gasteiger partial charge is 0.372 e. The molecule has 0 aromatic heterocycles. The predicted molar refractivity (Wildman–Crippen MR) is 68.4 cm³/mol. The summed E-state index contributed by atoms with van der Waals surface area (Å²) in [5.41, 5.74) is 1.83. The molecule has 3 rings (SSSR count). The highest BCUT2D eigenvalue weighted by atomic mass is 16.8. The molecule has 2 aliphatic heterocycles. The van der Waals surface area contributed by atoms with Crippen molar-refractivity contribution in [2.75, 3.05) is 6.61 Å². The van der Waals surface area contributed by atoms with Crippen LogP contribution in [0.4, 0.5) is 0 Å². The molecule has 0 amide bonds. The molecule has 0 bridgehead atoms. The summed E-state index contributed by atoms with van der Waals surface area (Å²) in [6, 6.07) is 9.72. The van der Waals surface area contributed by atoms with Gasteiger partial charge in [0.1, 0.15) is 12.2 Å². The van der Waals surface area contributed by atoms with Crippen LogP contribution in [0.1, 0.15) is 25.0 Å². The summed E-state index contributed by atoms with van der Waals surface area (Å²) in [4.78, 5) is 0. The SMILES string of the molecule is CC1(C)O[C@H]2COC(Cc3ccc(C#N)cc3)[C@H]2O1. The highest BCUT2D eigenvalue weighted by Crippen LogP contribution is 2.36. The van der Waals surface area contributed by atoms with Gasteiger partial charge in [-0.1, -0.05) is 12.1 Å². The van der Waals surface area contributed by atoms with Gasteiger partial charge in [0, 0.05) is 6.42 Å². The summed E-state index contributed by atoms with van der Waals surface area (Å²) in [6.45, 7) is 4.46. The Morgan fingerprint density at radius 1 is 1.26 bits per heavy atom. The zero-order valence-corrected chi connectivity index (χ0v) is 11.1. The van der Waals surface area contributed by atoms with E-state index in [-0.39, 0.29) is 18.3 Å². The first-order valence-electron chi connectivity index (χ1n) is 6.54. The van der Waals surface area contributed by atoms with E-state index < -0.39 is 5.79 Å². The second-order valence-corrected chi connectivity index (χ2v) is 5.52. The van der Waals surface area contributed by atoms with Crippen molar-refractivity contribution in [3.63, 3.8) is 0 Å². The Hall–Kier alpha value is -1.41. The number of hydrogen-bond donors (Lipinski definition) is 0. The topological polar surface area (TPSA) is 51.5 Å². The first-order chi connectivity index (χ1) is 9.07. The lowest BCUT2D eigenvalue weighted by molar-refractivity contribution is -0.174.